The van der Waals surface area contributed by atoms with Gasteiger partial charge in [-0.3, -0.25) is 0 Å². The molecule has 0 heterocycles. The van der Waals surface area contributed by atoms with Crippen LogP contribution in [0.1, 0.15) is 22.8 Å². The molecule has 100 valence electrons. The Kier molecular flexibility index (Phi) is 4.32. The quantitative estimate of drug-likeness (QED) is 0.833. The minimum atomic E-state index is -0.932. The Bertz CT molecular complexity index is 581. The lowest BCUT2D eigenvalue weighted by molar-refractivity contribution is 0.175. The number of rotatable bonds is 3. The normalized spacial score (nSPS) is 12.5. The molecular weight excluding hydrogens is 314 g/mol. The molecule has 2 aromatic carbocycles. The summed E-state index contributed by atoms with van der Waals surface area (Å²) in [6.45, 7) is 1.93. The summed E-state index contributed by atoms with van der Waals surface area (Å²) < 4.78 is 27.6. The second-order valence-electron chi connectivity index (χ2n) is 4.45. The van der Waals surface area contributed by atoms with Crippen molar-refractivity contribution in [3.05, 3.63) is 69.2 Å². The summed E-state index contributed by atoms with van der Waals surface area (Å²) in [7, 11) is 0. The second-order valence-corrected chi connectivity index (χ2v) is 5.31. The molecule has 2 aromatic rings. The van der Waals surface area contributed by atoms with Gasteiger partial charge in [0.2, 0.25) is 0 Å². The molecule has 1 unspecified atom stereocenters. The summed E-state index contributed by atoms with van der Waals surface area (Å²) in [6.07, 6.45) is -1.03. The maximum absolute atomic E-state index is 13.8. The number of aliphatic hydroxyl groups excluding tert-OH is 1. The van der Waals surface area contributed by atoms with Gasteiger partial charge in [0.05, 0.1) is 10.6 Å². The van der Waals surface area contributed by atoms with Gasteiger partial charge in [0.1, 0.15) is 11.6 Å². The van der Waals surface area contributed by atoms with Gasteiger partial charge in [0, 0.05) is 12.0 Å². The van der Waals surface area contributed by atoms with E-state index in [1.165, 1.54) is 12.1 Å². The van der Waals surface area contributed by atoms with E-state index in [1.54, 1.807) is 12.1 Å². The maximum atomic E-state index is 13.8. The Balaban J connectivity index is 2.26. The molecule has 0 saturated heterocycles. The Morgan fingerprint density at radius 1 is 1.11 bits per heavy atom. The molecule has 0 fully saturated rings. The molecular formula is C15H13BrF2O. The average molecular weight is 327 g/mol. The summed E-state index contributed by atoms with van der Waals surface area (Å²) in [5.41, 5.74) is 1.60. The predicted octanol–water partition coefficient (Wildman–Crippen LogP) is 4.31. The van der Waals surface area contributed by atoms with Crippen LogP contribution in [0.5, 0.6) is 0 Å². The largest absolute Gasteiger partial charge is 0.388 e. The summed E-state index contributed by atoms with van der Waals surface area (Å²) in [6, 6.07) is 9.72. The molecule has 0 aliphatic rings. The minimum Gasteiger partial charge on any atom is -0.388 e. The Morgan fingerprint density at radius 3 is 2.37 bits per heavy atom. The fourth-order valence-electron chi connectivity index (χ4n) is 1.86. The molecule has 0 aromatic heterocycles. The first-order chi connectivity index (χ1) is 8.99. The third-order valence-corrected chi connectivity index (χ3v) is 3.61. The van der Waals surface area contributed by atoms with Gasteiger partial charge in [-0.1, -0.05) is 29.8 Å². The summed E-state index contributed by atoms with van der Waals surface area (Å²) in [4.78, 5) is 0. The van der Waals surface area contributed by atoms with Gasteiger partial charge in [-0.25, -0.2) is 8.78 Å². The first kappa shape index (κ1) is 14.2. The van der Waals surface area contributed by atoms with E-state index in [2.05, 4.69) is 15.9 Å². The molecule has 0 aliphatic heterocycles. The molecule has 1 atom stereocenters. The van der Waals surface area contributed by atoms with E-state index in [4.69, 9.17) is 0 Å². The fraction of sp³-hybridized carbons (Fsp3) is 0.200. The standard InChI is InChI=1S/C15H13BrF2O/c1-9-2-4-10(5-3-9)14(19)8-11-13(17)7-6-12(16)15(11)18/h2-7,14,19H,8H2,1H3. The van der Waals surface area contributed by atoms with E-state index in [9.17, 15) is 13.9 Å². The van der Waals surface area contributed by atoms with Crippen LogP contribution in [0.2, 0.25) is 0 Å². The molecule has 19 heavy (non-hydrogen) atoms. The van der Waals surface area contributed by atoms with Crippen LogP contribution in [0.15, 0.2) is 40.9 Å². The van der Waals surface area contributed by atoms with Crippen LogP contribution in [0.4, 0.5) is 8.78 Å². The Labute approximate surface area is 119 Å². The minimum absolute atomic E-state index is 0.0971. The van der Waals surface area contributed by atoms with Crippen molar-refractivity contribution in [2.24, 2.45) is 0 Å². The average Bonchev–Trinajstić information content (AvgIpc) is 2.40. The molecule has 0 amide bonds. The highest BCUT2D eigenvalue weighted by atomic mass is 79.9. The van der Waals surface area contributed by atoms with Crippen LogP contribution in [-0.4, -0.2) is 5.11 Å². The number of hydrogen-bond acceptors (Lipinski definition) is 1. The summed E-state index contributed by atoms with van der Waals surface area (Å²) in [5.74, 6) is -1.31. The zero-order valence-electron chi connectivity index (χ0n) is 10.3. The highest BCUT2D eigenvalue weighted by molar-refractivity contribution is 9.10. The first-order valence-electron chi connectivity index (χ1n) is 5.86. The van der Waals surface area contributed by atoms with Crippen molar-refractivity contribution < 1.29 is 13.9 Å². The van der Waals surface area contributed by atoms with Gasteiger partial charge in [-0.05, 0) is 40.5 Å². The first-order valence-corrected chi connectivity index (χ1v) is 6.65. The van der Waals surface area contributed by atoms with Gasteiger partial charge < -0.3 is 5.11 Å². The van der Waals surface area contributed by atoms with Crippen LogP contribution in [0.25, 0.3) is 0 Å². The van der Waals surface area contributed by atoms with E-state index in [1.807, 2.05) is 19.1 Å². The lowest BCUT2D eigenvalue weighted by Crippen LogP contribution is -2.06. The zero-order chi connectivity index (χ0) is 14.0. The number of halogens is 3. The van der Waals surface area contributed by atoms with Gasteiger partial charge in [0.15, 0.2) is 0 Å². The van der Waals surface area contributed by atoms with Crippen molar-refractivity contribution in [3.63, 3.8) is 0 Å². The van der Waals surface area contributed by atoms with Crippen molar-refractivity contribution >= 4 is 15.9 Å². The molecule has 0 saturated carbocycles. The highest BCUT2D eigenvalue weighted by Gasteiger charge is 2.17. The third-order valence-electron chi connectivity index (χ3n) is 3.00. The number of hydrogen-bond donors (Lipinski definition) is 1. The van der Waals surface area contributed by atoms with Crippen molar-refractivity contribution in [1.82, 2.24) is 0 Å². The monoisotopic (exact) mass is 326 g/mol. The van der Waals surface area contributed by atoms with E-state index in [0.717, 1.165) is 5.56 Å². The lowest BCUT2D eigenvalue weighted by Gasteiger charge is -2.13. The van der Waals surface area contributed by atoms with E-state index < -0.39 is 17.7 Å². The molecule has 0 aliphatic carbocycles. The van der Waals surface area contributed by atoms with Crippen LogP contribution >= 0.6 is 15.9 Å². The van der Waals surface area contributed by atoms with Crippen molar-refractivity contribution in [3.8, 4) is 0 Å². The van der Waals surface area contributed by atoms with Crippen molar-refractivity contribution in [2.45, 2.75) is 19.4 Å². The van der Waals surface area contributed by atoms with Gasteiger partial charge in [0.25, 0.3) is 0 Å². The molecule has 2 rings (SSSR count). The SMILES string of the molecule is Cc1ccc(C(O)Cc2c(F)ccc(Br)c2F)cc1. The van der Waals surface area contributed by atoms with Gasteiger partial charge in [-0.2, -0.15) is 0 Å². The molecule has 0 bridgehead atoms. The van der Waals surface area contributed by atoms with Crippen LogP contribution < -0.4 is 0 Å². The molecule has 1 nitrogen and oxygen atoms in total. The van der Waals surface area contributed by atoms with Gasteiger partial charge in [-0.15, -0.1) is 0 Å². The summed E-state index contributed by atoms with van der Waals surface area (Å²) in [5, 5.41) is 10.1. The van der Waals surface area contributed by atoms with E-state index in [-0.39, 0.29) is 16.5 Å². The molecule has 0 spiro atoms. The number of benzene rings is 2. The zero-order valence-corrected chi connectivity index (χ0v) is 11.9. The smallest absolute Gasteiger partial charge is 0.143 e. The Hall–Kier alpha value is -1.26. The highest BCUT2D eigenvalue weighted by Crippen LogP contribution is 2.26. The molecule has 1 N–H and O–H groups in total. The number of aliphatic hydroxyl groups is 1. The third kappa shape index (κ3) is 3.19. The topological polar surface area (TPSA) is 20.2 Å². The van der Waals surface area contributed by atoms with Gasteiger partial charge >= 0.3 is 0 Å². The second kappa shape index (κ2) is 5.80. The molecule has 4 heteroatoms. The predicted molar refractivity (Wildman–Crippen MR) is 73.9 cm³/mol. The van der Waals surface area contributed by atoms with E-state index in [0.29, 0.717) is 5.56 Å². The van der Waals surface area contributed by atoms with Crippen molar-refractivity contribution in [1.29, 1.82) is 0 Å². The Morgan fingerprint density at radius 2 is 1.74 bits per heavy atom. The van der Waals surface area contributed by atoms with Crippen LogP contribution in [-0.2, 0) is 6.42 Å². The van der Waals surface area contributed by atoms with Crippen LogP contribution in [0, 0.1) is 18.6 Å². The van der Waals surface area contributed by atoms with E-state index >= 15 is 0 Å². The maximum Gasteiger partial charge on any atom is 0.143 e. The number of aryl methyl sites for hydroxylation is 1. The van der Waals surface area contributed by atoms with Crippen LogP contribution in [0.3, 0.4) is 0 Å². The van der Waals surface area contributed by atoms with Crippen molar-refractivity contribution in [2.75, 3.05) is 0 Å². The summed E-state index contributed by atoms with van der Waals surface area (Å²) >= 11 is 3.01. The lowest BCUT2D eigenvalue weighted by atomic mass is 10.00. The molecule has 0 radical (unpaired) electrons. The fourth-order valence-corrected chi connectivity index (χ4v) is 2.23.